The normalized spacial score (nSPS) is 23.2. The van der Waals surface area contributed by atoms with Crippen molar-refractivity contribution >= 4 is 22.7 Å². The third-order valence-corrected chi connectivity index (χ3v) is 4.12. The van der Waals surface area contributed by atoms with Gasteiger partial charge in [-0.2, -0.15) is 5.10 Å². The van der Waals surface area contributed by atoms with Gasteiger partial charge in [0.2, 0.25) is 0 Å². The van der Waals surface area contributed by atoms with Crippen LogP contribution in [-0.4, -0.2) is 59.9 Å². The number of aryl methyl sites for hydroxylation is 1. The molecule has 1 aromatic carbocycles. The Morgan fingerprint density at radius 2 is 1.95 bits per heavy atom. The first-order chi connectivity index (χ1) is 10.1. The lowest BCUT2D eigenvalue weighted by Gasteiger charge is -2.32. The van der Waals surface area contributed by atoms with Crippen LogP contribution in [0.4, 0.5) is 4.79 Å². The molecule has 2 aliphatic heterocycles. The number of halogens is 1. The lowest BCUT2D eigenvalue weighted by Crippen LogP contribution is -2.48. The van der Waals surface area contributed by atoms with Gasteiger partial charge in [0.05, 0.1) is 31.5 Å². The van der Waals surface area contributed by atoms with Gasteiger partial charge < -0.3 is 4.74 Å². The number of morpholine rings is 1. The number of amides is 1. The molecule has 1 atom stereocenters. The molecule has 1 unspecified atom stereocenters. The van der Waals surface area contributed by atoms with Gasteiger partial charge in [-0.05, 0) is 24.1 Å². The van der Waals surface area contributed by atoms with E-state index in [-0.39, 0.29) is 6.04 Å². The molecule has 0 aliphatic carbocycles. The van der Waals surface area contributed by atoms with Gasteiger partial charge in [-0.25, -0.2) is 5.01 Å². The summed E-state index contributed by atoms with van der Waals surface area (Å²) in [6, 6.07) is 8.28. The minimum atomic E-state index is -0.532. The number of ether oxygens (including phenoxy) is 1. The Hall–Kier alpha value is -1.43. The summed E-state index contributed by atoms with van der Waals surface area (Å²) in [5.74, 6) is 0. The minimum absolute atomic E-state index is 0.0827. The monoisotopic (exact) mass is 307 g/mol. The van der Waals surface area contributed by atoms with Crippen LogP contribution in [0, 0.1) is 6.92 Å². The highest BCUT2D eigenvalue weighted by molar-refractivity contribution is 6.62. The predicted octanol–water partition coefficient (Wildman–Crippen LogP) is 2.07. The molecular formula is C15H18ClN3O2. The van der Waals surface area contributed by atoms with E-state index in [1.54, 1.807) is 0 Å². The lowest BCUT2D eigenvalue weighted by molar-refractivity contribution is 0.0281. The Kier molecular flexibility index (Phi) is 4.24. The second-order valence-corrected chi connectivity index (χ2v) is 5.67. The first-order valence-electron chi connectivity index (χ1n) is 7.09. The van der Waals surface area contributed by atoms with E-state index >= 15 is 0 Å². The number of carbonyl (C=O) groups excluding carboxylic acids is 1. The molecule has 0 aromatic heterocycles. The van der Waals surface area contributed by atoms with Gasteiger partial charge in [0.15, 0.2) is 0 Å². The number of rotatable bonds is 2. The Morgan fingerprint density at radius 1 is 1.29 bits per heavy atom. The summed E-state index contributed by atoms with van der Waals surface area (Å²) in [6.07, 6.45) is 0. The third kappa shape index (κ3) is 3.10. The summed E-state index contributed by atoms with van der Waals surface area (Å²) in [5, 5.41) is 5.24. The van der Waals surface area contributed by atoms with Crippen LogP contribution in [0.3, 0.4) is 0 Å². The van der Waals surface area contributed by atoms with E-state index in [9.17, 15) is 4.79 Å². The Morgan fingerprint density at radius 3 is 2.57 bits per heavy atom. The fourth-order valence-corrected chi connectivity index (χ4v) is 2.86. The molecule has 0 radical (unpaired) electrons. The van der Waals surface area contributed by atoms with E-state index < -0.39 is 5.37 Å². The standard InChI is InChI=1S/C15H18ClN3O2/c1-11-2-4-12(5-3-11)14-13(10-19(17-14)15(16)20)18-6-8-21-9-7-18/h2-5,13H,6-10H2,1H3. The zero-order valence-corrected chi connectivity index (χ0v) is 12.7. The summed E-state index contributed by atoms with van der Waals surface area (Å²) >= 11 is 5.60. The number of benzene rings is 1. The SMILES string of the molecule is Cc1ccc(C2=NN(C(=O)Cl)CC2N2CCOCC2)cc1. The molecule has 0 saturated carbocycles. The molecular weight excluding hydrogens is 290 g/mol. The molecule has 0 N–H and O–H groups in total. The molecule has 0 spiro atoms. The molecule has 1 amide bonds. The Labute approximate surface area is 129 Å². The molecule has 112 valence electrons. The summed E-state index contributed by atoms with van der Waals surface area (Å²) in [6.45, 7) is 5.68. The van der Waals surface area contributed by atoms with Gasteiger partial charge in [-0.3, -0.25) is 9.69 Å². The van der Waals surface area contributed by atoms with Gasteiger partial charge in [-0.15, -0.1) is 0 Å². The highest BCUT2D eigenvalue weighted by atomic mass is 35.5. The largest absolute Gasteiger partial charge is 0.379 e. The topological polar surface area (TPSA) is 45.1 Å². The van der Waals surface area contributed by atoms with Crippen LogP contribution >= 0.6 is 11.6 Å². The van der Waals surface area contributed by atoms with E-state index in [1.165, 1.54) is 10.6 Å². The van der Waals surface area contributed by atoms with Crippen molar-refractivity contribution in [2.24, 2.45) is 5.10 Å². The van der Waals surface area contributed by atoms with Crippen LogP contribution in [0.5, 0.6) is 0 Å². The number of hydrogen-bond acceptors (Lipinski definition) is 4. The number of hydrogen-bond donors (Lipinski definition) is 0. The summed E-state index contributed by atoms with van der Waals surface area (Å²) in [7, 11) is 0. The average molecular weight is 308 g/mol. The highest BCUT2D eigenvalue weighted by Gasteiger charge is 2.35. The van der Waals surface area contributed by atoms with Crippen molar-refractivity contribution in [2.75, 3.05) is 32.8 Å². The van der Waals surface area contributed by atoms with Crippen molar-refractivity contribution in [3.05, 3.63) is 35.4 Å². The van der Waals surface area contributed by atoms with Crippen molar-refractivity contribution in [1.82, 2.24) is 9.91 Å². The highest BCUT2D eigenvalue weighted by Crippen LogP contribution is 2.21. The maximum atomic E-state index is 11.4. The first-order valence-corrected chi connectivity index (χ1v) is 7.47. The quantitative estimate of drug-likeness (QED) is 0.621. The van der Waals surface area contributed by atoms with Gasteiger partial charge in [0, 0.05) is 13.1 Å². The van der Waals surface area contributed by atoms with Crippen molar-refractivity contribution in [1.29, 1.82) is 0 Å². The summed E-state index contributed by atoms with van der Waals surface area (Å²) in [5.41, 5.74) is 3.15. The molecule has 2 heterocycles. The fraction of sp³-hybridized carbons (Fsp3) is 0.467. The third-order valence-electron chi connectivity index (χ3n) is 3.93. The molecule has 5 nitrogen and oxygen atoms in total. The smallest absolute Gasteiger partial charge is 0.336 e. The van der Waals surface area contributed by atoms with Crippen molar-refractivity contribution in [3.8, 4) is 0 Å². The van der Waals surface area contributed by atoms with E-state index in [0.29, 0.717) is 19.8 Å². The Balaban J connectivity index is 1.89. The zero-order valence-electron chi connectivity index (χ0n) is 12.0. The van der Waals surface area contributed by atoms with Crippen molar-refractivity contribution in [2.45, 2.75) is 13.0 Å². The predicted molar refractivity (Wildman–Crippen MR) is 81.9 cm³/mol. The van der Waals surface area contributed by atoms with E-state index in [0.717, 1.165) is 24.4 Å². The van der Waals surface area contributed by atoms with Crippen LogP contribution in [-0.2, 0) is 4.74 Å². The van der Waals surface area contributed by atoms with E-state index in [2.05, 4.69) is 22.1 Å². The fourth-order valence-electron chi connectivity index (χ4n) is 2.75. The molecule has 21 heavy (non-hydrogen) atoms. The number of carbonyl (C=O) groups is 1. The molecule has 0 bridgehead atoms. The first kappa shape index (κ1) is 14.5. The van der Waals surface area contributed by atoms with Gasteiger partial charge in [0.25, 0.3) is 0 Å². The molecule has 2 aliphatic rings. The maximum Gasteiger partial charge on any atom is 0.336 e. The van der Waals surface area contributed by atoms with Crippen molar-refractivity contribution in [3.63, 3.8) is 0 Å². The molecule has 3 rings (SSSR count). The Bertz CT molecular complexity index is 553. The lowest BCUT2D eigenvalue weighted by atomic mass is 10.0. The molecule has 1 fully saturated rings. The molecule has 1 saturated heterocycles. The van der Waals surface area contributed by atoms with Gasteiger partial charge in [-0.1, -0.05) is 29.8 Å². The van der Waals surface area contributed by atoms with Gasteiger partial charge in [0.1, 0.15) is 0 Å². The number of nitrogens with zero attached hydrogens (tertiary/aromatic N) is 3. The van der Waals surface area contributed by atoms with E-state index in [1.807, 2.05) is 19.1 Å². The maximum absolute atomic E-state index is 11.4. The van der Waals surface area contributed by atoms with Crippen LogP contribution < -0.4 is 0 Å². The van der Waals surface area contributed by atoms with Crippen molar-refractivity contribution < 1.29 is 9.53 Å². The van der Waals surface area contributed by atoms with Crippen LogP contribution in [0.25, 0.3) is 0 Å². The van der Waals surface area contributed by atoms with Crippen LogP contribution in [0.2, 0.25) is 0 Å². The van der Waals surface area contributed by atoms with Crippen LogP contribution in [0.15, 0.2) is 29.4 Å². The zero-order chi connectivity index (χ0) is 14.8. The summed E-state index contributed by atoms with van der Waals surface area (Å²) < 4.78 is 5.40. The van der Waals surface area contributed by atoms with Crippen LogP contribution in [0.1, 0.15) is 11.1 Å². The molecule has 6 heteroatoms. The average Bonchev–Trinajstić information content (AvgIpc) is 2.94. The van der Waals surface area contributed by atoms with Gasteiger partial charge >= 0.3 is 5.37 Å². The minimum Gasteiger partial charge on any atom is -0.379 e. The second kappa shape index (κ2) is 6.13. The summed E-state index contributed by atoms with van der Waals surface area (Å²) in [4.78, 5) is 13.8. The number of hydrazone groups is 1. The van der Waals surface area contributed by atoms with E-state index in [4.69, 9.17) is 16.3 Å². The molecule has 1 aromatic rings. The second-order valence-electron chi connectivity index (χ2n) is 5.35.